The van der Waals surface area contributed by atoms with E-state index in [2.05, 4.69) is 0 Å². The number of hydrogen-bond acceptors (Lipinski definition) is 7. The van der Waals surface area contributed by atoms with Crippen molar-refractivity contribution >= 4 is 21.7 Å². The minimum atomic E-state index is -3.14. The predicted octanol–water partition coefficient (Wildman–Crippen LogP) is 1.67. The Bertz CT molecular complexity index is 822. The zero-order chi connectivity index (χ0) is 20.9. The highest BCUT2D eigenvalue weighted by Crippen LogP contribution is 2.26. The van der Waals surface area contributed by atoms with E-state index in [-0.39, 0.29) is 34.9 Å². The van der Waals surface area contributed by atoms with Crippen LogP contribution in [-0.2, 0) is 19.4 Å². The fraction of sp³-hybridized carbons (Fsp3) is 0.579. The number of rotatable bonds is 8. The normalized spacial score (nSPS) is 18.9. The average Bonchev–Trinajstić information content (AvgIpc) is 3.04. The number of methoxy groups -OCH3 is 2. The summed E-state index contributed by atoms with van der Waals surface area (Å²) in [7, 11) is -0.219. The van der Waals surface area contributed by atoms with Crippen molar-refractivity contribution in [1.29, 1.82) is 0 Å². The Balaban J connectivity index is 2.09. The van der Waals surface area contributed by atoms with Crippen LogP contribution < -0.4 is 9.47 Å². The maximum atomic E-state index is 12.7. The molecule has 1 saturated heterocycles. The molecule has 1 aromatic rings. The Morgan fingerprint density at radius 1 is 1.25 bits per heavy atom. The second-order valence-corrected chi connectivity index (χ2v) is 8.99. The summed E-state index contributed by atoms with van der Waals surface area (Å²) in [5.74, 6) is -0.287. The van der Waals surface area contributed by atoms with Crippen molar-refractivity contribution in [2.24, 2.45) is 0 Å². The Morgan fingerprint density at radius 2 is 1.96 bits per heavy atom. The number of nitrogens with zero attached hydrogens (tertiary/aromatic N) is 1. The molecule has 2 atom stereocenters. The van der Waals surface area contributed by atoms with E-state index in [0.29, 0.717) is 18.6 Å². The summed E-state index contributed by atoms with van der Waals surface area (Å²) < 4.78 is 39.1. The standard InChI is InChI=1S/C19H27NO7S/c1-5-13(2)20(14-8-9-28(23,24)12-14)18(21)11-27-19(22)16-7-6-15(25-3)10-17(16)26-4/h6-7,10,13-14H,5,8-9,11-12H2,1-4H3/t13-,14-/m0/s1. The SMILES string of the molecule is CC[C@H](C)N(C(=O)COC(=O)c1ccc(OC)cc1OC)[C@H]1CCS(=O)(=O)C1. The highest BCUT2D eigenvalue weighted by atomic mass is 32.2. The fourth-order valence-corrected chi connectivity index (χ4v) is 4.96. The number of hydrogen-bond donors (Lipinski definition) is 0. The molecule has 0 spiro atoms. The third-order valence-electron chi connectivity index (χ3n) is 4.91. The molecule has 0 radical (unpaired) electrons. The Labute approximate surface area is 165 Å². The van der Waals surface area contributed by atoms with E-state index < -0.39 is 28.3 Å². The number of ether oxygens (including phenoxy) is 3. The van der Waals surface area contributed by atoms with E-state index in [0.717, 1.165) is 0 Å². The number of carbonyl (C=O) groups excluding carboxylic acids is 2. The van der Waals surface area contributed by atoms with Crippen LogP contribution in [0.25, 0.3) is 0 Å². The molecule has 28 heavy (non-hydrogen) atoms. The van der Waals surface area contributed by atoms with Crippen LogP contribution in [-0.4, -0.2) is 69.6 Å². The van der Waals surface area contributed by atoms with Gasteiger partial charge in [-0.15, -0.1) is 0 Å². The smallest absolute Gasteiger partial charge is 0.342 e. The molecular weight excluding hydrogens is 386 g/mol. The molecule has 1 aliphatic rings. The topological polar surface area (TPSA) is 99.2 Å². The van der Waals surface area contributed by atoms with Gasteiger partial charge in [-0.3, -0.25) is 4.79 Å². The Hall–Kier alpha value is -2.29. The zero-order valence-corrected chi connectivity index (χ0v) is 17.5. The monoisotopic (exact) mass is 413 g/mol. The van der Waals surface area contributed by atoms with Gasteiger partial charge in [-0.25, -0.2) is 13.2 Å². The van der Waals surface area contributed by atoms with Gasteiger partial charge >= 0.3 is 5.97 Å². The molecule has 0 aliphatic carbocycles. The maximum absolute atomic E-state index is 12.7. The van der Waals surface area contributed by atoms with Crippen molar-refractivity contribution in [2.45, 2.75) is 38.8 Å². The van der Waals surface area contributed by atoms with Crippen molar-refractivity contribution in [1.82, 2.24) is 4.90 Å². The molecule has 0 unspecified atom stereocenters. The molecule has 156 valence electrons. The van der Waals surface area contributed by atoms with Crippen LogP contribution in [0.5, 0.6) is 11.5 Å². The lowest BCUT2D eigenvalue weighted by atomic mass is 10.1. The molecular formula is C19H27NO7S. The number of benzene rings is 1. The summed E-state index contributed by atoms with van der Waals surface area (Å²) >= 11 is 0. The van der Waals surface area contributed by atoms with Gasteiger partial charge in [0.05, 0.1) is 25.7 Å². The van der Waals surface area contributed by atoms with Crippen LogP contribution in [0.4, 0.5) is 0 Å². The number of esters is 1. The van der Waals surface area contributed by atoms with Crippen molar-refractivity contribution in [3.05, 3.63) is 23.8 Å². The van der Waals surface area contributed by atoms with Gasteiger partial charge < -0.3 is 19.1 Å². The van der Waals surface area contributed by atoms with E-state index in [1.54, 1.807) is 17.0 Å². The van der Waals surface area contributed by atoms with Crippen LogP contribution in [0.15, 0.2) is 18.2 Å². The molecule has 1 aliphatic heterocycles. The molecule has 0 aromatic heterocycles. The summed E-state index contributed by atoms with van der Waals surface area (Å²) in [6.45, 7) is 3.31. The lowest BCUT2D eigenvalue weighted by Gasteiger charge is -2.33. The van der Waals surface area contributed by atoms with E-state index in [9.17, 15) is 18.0 Å². The van der Waals surface area contributed by atoms with E-state index in [1.165, 1.54) is 20.3 Å². The van der Waals surface area contributed by atoms with Crippen LogP contribution >= 0.6 is 0 Å². The van der Waals surface area contributed by atoms with Crippen molar-refractivity contribution < 1.29 is 32.2 Å². The second-order valence-electron chi connectivity index (χ2n) is 6.76. The first kappa shape index (κ1) is 22.0. The van der Waals surface area contributed by atoms with Gasteiger partial charge in [-0.1, -0.05) is 6.92 Å². The summed E-state index contributed by atoms with van der Waals surface area (Å²) in [4.78, 5) is 26.7. The van der Waals surface area contributed by atoms with Crippen LogP contribution in [0.1, 0.15) is 37.0 Å². The predicted molar refractivity (Wildman–Crippen MR) is 103 cm³/mol. The minimum absolute atomic E-state index is 0.0523. The van der Waals surface area contributed by atoms with Gasteiger partial charge in [0.25, 0.3) is 5.91 Å². The molecule has 1 fully saturated rings. The first-order valence-corrected chi connectivity index (χ1v) is 10.9. The maximum Gasteiger partial charge on any atom is 0.342 e. The van der Waals surface area contributed by atoms with Crippen LogP contribution in [0, 0.1) is 0 Å². The molecule has 0 N–H and O–H groups in total. The van der Waals surface area contributed by atoms with Gasteiger partial charge in [-0.2, -0.15) is 0 Å². The summed E-state index contributed by atoms with van der Waals surface area (Å²) in [6, 6.07) is 4.10. The Morgan fingerprint density at radius 3 is 2.50 bits per heavy atom. The fourth-order valence-electron chi connectivity index (χ4n) is 3.25. The summed E-state index contributed by atoms with van der Waals surface area (Å²) in [5.41, 5.74) is 0.176. The summed E-state index contributed by atoms with van der Waals surface area (Å²) in [6.07, 6.45) is 1.07. The Kier molecular flexibility index (Phi) is 7.29. The molecule has 2 rings (SSSR count). The molecule has 0 saturated carbocycles. The molecule has 8 nitrogen and oxygen atoms in total. The highest BCUT2D eigenvalue weighted by Gasteiger charge is 2.36. The molecule has 9 heteroatoms. The van der Waals surface area contributed by atoms with Crippen molar-refractivity contribution in [3.8, 4) is 11.5 Å². The number of sulfone groups is 1. The summed E-state index contributed by atoms with van der Waals surface area (Å²) in [5, 5.41) is 0. The molecule has 0 bridgehead atoms. The second kappa shape index (κ2) is 9.27. The van der Waals surface area contributed by atoms with Gasteiger partial charge in [0.1, 0.15) is 17.1 Å². The first-order chi connectivity index (χ1) is 13.2. The zero-order valence-electron chi connectivity index (χ0n) is 16.6. The quantitative estimate of drug-likeness (QED) is 0.598. The lowest BCUT2D eigenvalue weighted by Crippen LogP contribution is -2.48. The average molecular weight is 413 g/mol. The van der Waals surface area contributed by atoms with Gasteiger partial charge in [-0.05, 0) is 31.9 Å². The molecule has 1 aromatic carbocycles. The van der Waals surface area contributed by atoms with Gasteiger partial charge in [0.2, 0.25) is 0 Å². The van der Waals surface area contributed by atoms with Crippen molar-refractivity contribution in [3.63, 3.8) is 0 Å². The molecule has 1 heterocycles. The third-order valence-corrected chi connectivity index (χ3v) is 6.66. The number of amides is 1. The van der Waals surface area contributed by atoms with E-state index in [1.807, 2.05) is 13.8 Å². The number of carbonyl (C=O) groups is 2. The van der Waals surface area contributed by atoms with Crippen LogP contribution in [0.3, 0.4) is 0 Å². The molecule has 1 amide bonds. The highest BCUT2D eigenvalue weighted by molar-refractivity contribution is 7.91. The lowest BCUT2D eigenvalue weighted by molar-refractivity contribution is -0.138. The first-order valence-electron chi connectivity index (χ1n) is 9.13. The third kappa shape index (κ3) is 5.15. The minimum Gasteiger partial charge on any atom is -0.497 e. The van der Waals surface area contributed by atoms with Crippen LogP contribution in [0.2, 0.25) is 0 Å². The van der Waals surface area contributed by atoms with Crippen molar-refractivity contribution in [2.75, 3.05) is 32.3 Å². The van der Waals surface area contributed by atoms with E-state index >= 15 is 0 Å². The van der Waals surface area contributed by atoms with Gasteiger partial charge in [0.15, 0.2) is 16.4 Å². The largest absolute Gasteiger partial charge is 0.497 e. The van der Waals surface area contributed by atoms with E-state index in [4.69, 9.17) is 14.2 Å². The van der Waals surface area contributed by atoms with Gasteiger partial charge in [0, 0.05) is 18.2 Å².